The van der Waals surface area contributed by atoms with Crippen LogP contribution in [0.4, 0.5) is 5.69 Å². The molecular formula is C32H46N2O2. The van der Waals surface area contributed by atoms with Crippen molar-refractivity contribution in [3.05, 3.63) is 59.8 Å². The van der Waals surface area contributed by atoms with Gasteiger partial charge in [0.2, 0.25) is 0 Å². The number of hydrogen-bond donors (Lipinski definition) is 0. The largest absolute Gasteiger partial charge is 0.462 e. The van der Waals surface area contributed by atoms with Crippen LogP contribution in [-0.4, -0.2) is 19.1 Å². The van der Waals surface area contributed by atoms with Crippen molar-refractivity contribution >= 4 is 17.2 Å². The van der Waals surface area contributed by atoms with E-state index in [1.807, 2.05) is 18.2 Å². The molecule has 1 aromatic carbocycles. The summed E-state index contributed by atoms with van der Waals surface area (Å²) >= 11 is 0. The van der Waals surface area contributed by atoms with Gasteiger partial charge in [0.25, 0.3) is 0 Å². The number of allylic oxidation sites excluding steroid dienone is 4. The predicted octanol–water partition coefficient (Wildman–Crippen LogP) is 8.90. The van der Waals surface area contributed by atoms with Crippen LogP contribution in [0.25, 0.3) is 5.57 Å². The zero-order valence-electron chi connectivity index (χ0n) is 22.6. The fourth-order valence-electron chi connectivity index (χ4n) is 4.66. The second-order valence-electron chi connectivity index (χ2n) is 9.66. The summed E-state index contributed by atoms with van der Waals surface area (Å²) in [6.45, 7) is 5.27. The first-order valence-electron chi connectivity index (χ1n) is 14.2. The van der Waals surface area contributed by atoms with E-state index in [0.717, 1.165) is 17.7 Å². The summed E-state index contributed by atoms with van der Waals surface area (Å²) in [5.74, 6) is -0.579. The average Bonchev–Trinajstić information content (AvgIpc) is 2.90. The van der Waals surface area contributed by atoms with Crippen molar-refractivity contribution in [2.24, 2.45) is 0 Å². The molecule has 2 rings (SSSR count). The summed E-state index contributed by atoms with van der Waals surface area (Å²) < 4.78 is 4.95. The van der Waals surface area contributed by atoms with E-state index in [2.05, 4.69) is 42.3 Å². The van der Waals surface area contributed by atoms with Gasteiger partial charge in [-0.1, -0.05) is 115 Å². The van der Waals surface area contributed by atoms with Crippen LogP contribution >= 0.6 is 0 Å². The zero-order valence-corrected chi connectivity index (χ0v) is 22.6. The maximum Gasteiger partial charge on any atom is 0.348 e. The Bertz CT molecular complexity index is 907. The van der Waals surface area contributed by atoms with Crippen molar-refractivity contribution in [1.82, 2.24) is 0 Å². The molecule has 0 bridgehead atoms. The number of nitrogens with zero attached hydrogens (tertiary/aromatic N) is 2. The van der Waals surface area contributed by atoms with Gasteiger partial charge in [-0.05, 0) is 37.1 Å². The number of esters is 1. The van der Waals surface area contributed by atoms with Crippen LogP contribution in [-0.2, 0) is 9.53 Å². The van der Waals surface area contributed by atoms with E-state index in [1.165, 1.54) is 95.6 Å². The van der Waals surface area contributed by atoms with Crippen molar-refractivity contribution in [2.45, 2.75) is 104 Å². The molecule has 0 saturated carbocycles. The number of fused-ring (bicyclic) bond motifs is 1. The van der Waals surface area contributed by atoms with E-state index in [9.17, 15) is 10.1 Å². The van der Waals surface area contributed by atoms with Crippen LogP contribution in [0.5, 0.6) is 0 Å². The van der Waals surface area contributed by atoms with Gasteiger partial charge in [-0.15, -0.1) is 0 Å². The van der Waals surface area contributed by atoms with Gasteiger partial charge >= 0.3 is 5.97 Å². The SMILES string of the molecule is CCCCCCCCCCCCCCCCN1C=C/C(=C/C=C(/C#N)C(=O)OCC)c2ccccc21. The molecule has 0 spiro atoms. The van der Waals surface area contributed by atoms with Gasteiger partial charge in [-0.3, -0.25) is 0 Å². The third-order valence-corrected chi connectivity index (χ3v) is 6.76. The van der Waals surface area contributed by atoms with Gasteiger partial charge in [0, 0.05) is 24.0 Å². The zero-order chi connectivity index (χ0) is 25.8. The normalized spacial score (nSPS) is 14.1. The molecule has 1 aliphatic rings. The standard InChI is InChI=1S/C32H46N2O2/c1-3-5-6-7-8-9-10-11-12-13-14-15-16-19-25-34-26-24-28(30-20-17-18-21-31(30)34)22-23-29(27-33)32(35)36-4-2/h17-18,20-24,26H,3-16,19,25H2,1-2H3/b28-22-,29-23-. The minimum atomic E-state index is -0.579. The molecule has 1 aliphatic heterocycles. The Kier molecular flexibility index (Phi) is 15.1. The molecular weight excluding hydrogens is 444 g/mol. The Labute approximate surface area is 219 Å². The lowest BCUT2D eigenvalue weighted by Crippen LogP contribution is -2.21. The van der Waals surface area contributed by atoms with Crippen molar-refractivity contribution in [2.75, 3.05) is 18.1 Å². The highest BCUT2D eigenvalue weighted by Crippen LogP contribution is 2.33. The minimum absolute atomic E-state index is 0.0140. The van der Waals surface area contributed by atoms with Crippen LogP contribution in [0.15, 0.2) is 54.3 Å². The van der Waals surface area contributed by atoms with Crippen molar-refractivity contribution in [3.8, 4) is 6.07 Å². The average molecular weight is 491 g/mol. The van der Waals surface area contributed by atoms with Gasteiger partial charge in [0.15, 0.2) is 0 Å². The van der Waals surface area contributed by atoms with Gasteiger partial charge in [-0.25, -0.2) is 4.79 Å². The van der Waals surface area contributed by atoms with Crippen LogP contribution in [0.2, 0.25) is 0 Å². The Morgan fingerprint density at radius 1 is 0.889 bits per heavy atom. The molecule has 0 N–H and O–H groups in total. The molecule has 1 aromatic rings. The molecule has 0 aromatic heterocycles. The first kappa shape index (κ1) is 29.4. The molecule has 0 aliphatic carbocycles. The summed E-state index contributed by atoms with van der Waals surface area (Å²) in [5.41, 5.74) is 3.28. The maximum absolute atomic E-state index is 11.9. The van der Waals surface area contributed by atoms with Crippen molar-refractivity contribution in [3.63, 3.8) is 0 Å². The highest BCUT2D eigenvalue weighted by atomic mass is 16.5. The second kappa shape index (κ2) is 18.5. The first-order valence-corrected chi connectivity index (χ1v) is 14.2. The van der Waals surface area contributed by atoms with Gasteiger partial charge in [-0.2, -0.15) is 5.26 Å². The summed E-state index contributed by atoms with van der Waals surface area (Å²) in [6.07, 6.45) is 26.7. The Morgan fingerprint density at radius 3 is 2.06 bits per heavy atom. The Morgan fingerprint density at radius 2 is 1.47 bits per heavy atom. The Balaban J connectivity index is 1.70. The molecule has 196 valence electrons. The number of nitriles is 1. The van der Waals surface area contributed by atoms with E-state index in [4.69, 9.17) is 4.74 Å². The number of carbonyl (C=O) groups is 1. The molecule has 0 atom stereocenters. The topological polar surface area (TPSA) is 53.3 Å². The van der Waals surface area contributed by atoms with E-state index in [0.29, 0.717) is 0 Å². The molecule has 36 heavy (non-hydrogen) atoms. The molecule has 1 heterocycles. The van der Waals surface area contributed by atoms with Gasteiger partial charge < -0.3 is 9.64 Å². The number of anilines is 1. The number of para-hydroxylation sites is 1. The number of carbonyl (C=O) groups excluding carboxylic acids is 1. The summed E-state index contributed by atoms with van der Waals surface area (Å²) in [5, 5.41) is 9.27. The quantitative estimate of drug-likeness (QED) is 0.0892. The molecule has 0 saturated heterocycles. The van der Waals surface area contributed by atoms with Crippen LogP contribution in [0.1, 0.15) is 109 Å². The summed E-state index contributed by atoms with van der Waals surface area (Å²) in [6, 6.07) is 10.2. The molecule has 0 unspecified atom stereocenters. The number of unbranched alkanes of at least 4 members (excludes halogenated alkanes) is 13. The third-order valence-electron chi connectivity index (χ3n) is 6.76. The number of rotatable bonds is 18. The molecule has 4 heteroatoms. The fraction of sp³-hybridized carbons (Fsp3) is 0.562. The highest BCUT2D eigenvalue weighted by Gasteiger charge is 2.15. The molecule has 0 amide bonds. The molecule has 4 nitrogen and oxygen atoms in total. The first-order chi connectivity index (χ1) is 17.7. The van der Waals surface area contributed by atoms with Crippen LogP contribution in [0, 0.1) is 11.3 Å². The smallest absolute Gasteiger partial charge is 0.348 e. The van der Waals surface area contributed by atoms with E-state index < -0.39 is 5.97 Å². The number of hydrogen-bond acceptors (Lipinski definition) is 4. The Hall–Kier alpha value is -2.80. The van der Waals surface area contributed by atoms with Crippen LogP contribution < -0.4 is 4.90 Å². The lowest BCUT2D eigenvalue weighted by Gasteiger charge is -2.27. The van der Waals surface area contributed by atoms with E-state index in [1.54, 1.807) is 13.0 Å². The fourth-order valence-corrected chi connectivity index (χ4v) is 4.66. The third kappa shape index (κ3) is 10.9. The summed E-state index contributed by atoms with van der Waals surface area (Å²) in [4.78, 5) is 14.2. The maximum atomic E-state index is 11.9. The minimum Gasteiger partial charge on any atom is -0.462 e. The monoisotopic (exact) mass is 490 g/mol. The molecule has 0 radical (unpaired) electrons. The van der Waals surface area contributed by atoms with E-state index >= 15 is 0 Å². The molecule has 0 fully saturated rings. The van der Waals surface area contributed by atoms with Gasteiger partial charge in [0.1, 0.15) is 11.6 Å². The lowest BCUT2D eigenvalue weighted by atomic mass is 9.98. The van der Waals surface area contributed by atoms with Crippen LogP contribution in [0.3, 0.4) is 0 Å². The lowest BCUT2D eigenvalue weighted by molar-refractivity contribution is -0.138. The highest BCUT2D eigenvalue weighted by molar-refractivity contribution is 5.94. The van der Waals surface area contributed by atoms with Crippen molar-refractivity contribution < 1.29 is 9.53 Å². The summed E-state index contributed by atoms with van der Waals surface area (Å²) in [7, 11) is 0. The predicted molar refractivity (Wildman–Crippen MR) is 152 cm³/mol. The van der Waals surface area contributed by atoms with Gasteiger partial charge in [0.05, 0.1) is 6.61 Å². The number of benzene rings is 1. The van der Waals surface area contributed by atoms with Crippen molar-refractivity contribution in [1.29, 1.82) is 5.26 Å². The number of ether oxygens (including phenoxy) is 1. The second-order valence-corrected chi connectivity index (χ2v) is 9.66. The van der Waals surface area contributed by atoms with E-state index in [-0.39, 0.29) is 12.2 Å².